The number of hydrogen-bond donors (Lipinski definition) is 1. The first-order valence-electron chi connectivity index (χ1n) is 8.53. The van der Waals surface area contributed by atoms with Crippen LogP contribution in [-0.2, 0) is 6.54 Å². The van der Waals surface area contributed by atoms with Crippen LogP contribution in [0.3, 0.4) is 0 Å². The summed E-state index contributed by atoms with van der Waals surface area (Å²) >= 11 is 6.28. The minimum atomic E-state index is 0.195. The van der Waals surface area contributed by atoms with E-state index in [1.807, 2.05) is 24.3 Å². The van der Waals surface area contributed by atoms with Gasteiger partial charge in [0.2, 0.25) is 0 Å². The number of likely N-dealkylation sites (N-methyl/N-ethyl adjacent to an activating group) is 1. The van der Waals surface area contributed by atoms with Gasteiger partial charge in [0.05, 0.1) is 31.5 Å². The lowest BCUT2D eigenvalue weighted by molar-refractivity contribution is 0.188. The highest BCUT2D eigenvalue weighted by molar-refractivity contribution is 6.32. The fourth-order valence-electron chi connectivity index (χ4n) is 2.98. The fraction of sp³-hybridized carbons (Fsp3) is 0.474. The Balaban J connectivity index is 2.06. The molecule has 0 amide bonds. The lowest BCUT2D eigenvalue weighted by atomic mass is 10.1. The number of nitrogens with zero attached hydrogens (tertiary/aromatic N) is 1. The summed E-state index contributed by atoms with van der Waals surface area (Å²) in [7, 11) is 3.19. The summed E-state index contributed by atoms with van der Waals surface area (Å²) < 4.78 is 16.3. The van der Waals surface area contributed by atoms with Gasteiger partial charge in [0.1, 0.15) is 5.76 Å². The highest BCUT2D eigenvalue weighted by Crippen LogP contribution is 2.36. The number of hydrogen-bond acceptors (Lipinski definition) is 5. The molecule has 0 saturated carbocycles. The maximum Gasteiger partial charge on any atom is 0.179 e. The van der Waals surface area contributed by atoms with Gasteiger partial charge in [-0.05, 0) is 42.9 Å². The highest BCUT2D eigenvalue weighted by Gasteiger charge is 2.20. The number of rotatable bonds is 10. The van der Waals surface area contributed by atoms with E-state index in [-0.39, 0.29) is 6.04 Å². The molecule has 2 rings (SSSR count). The Morgan fingerprint density at radius 1 is 1.20 bits per heavy atom. The topological polar surface area (TPSA) is 46.9 Å². The smallest absolute Gasteiger partial charge is 0.179 e. The van der Waals surface area contributed by atoms with Crippen LogP contribution in [-0.4, -0.2) is 38.8 Å². The molecule has 2 aromatic rings. The predicted octanol–water partition coefficient (Wildman–Crippen LogP) is 4.12. The molecule has 1 atom stereocenters. The zero-order valence-corrected chi connectivity index (χ0v) is 16.1. The van der Waals surface area contributed by atoms with Gasteiger partial charge in [-0.2, -0.15) is 0 Å². The summed E-state index contributed by atoms with van der Waals surface area (Å²) in [6.45, 7) is 7.71. The molecule has 1 aromatic carbocycles. The Morgan fingerprint density at radius 3 is 2.52 bits per heavy atom. The second-order valence-electron chi connectivity index (χ2n) is 5.70. The van der Waals surface area contributed by atoms with E-state index in [2.05, 4.69) is 24.1 Å². The van der Waals surface area contributed by atoms with Crippen molar-refractivity contribution in [3.8, 4) is 11.5 Å². The van der Waals surface area contributed by atoms with Crippen LogP contribution in [0.1, 0.15) is 31.2 Å². The zero-order valence-electron chi connectivity index (χ0n) is 15.3. The molecule has 0 radical (unpaired) electrons. The van der Waals surface area contributed by atoms with Crippen molar-refractivity contribution in [2.24, 2.45) is 0 Å². The SMILES string of the molecule is CCN(CC)C(CNCc1cc(Cl)c(OC)c(OC)c1)c1ccco1. The zero-order chi connectivity index (χ0) is 18.2. The number of halogens is 1. The van der Waals surface area contributed by atoms with Crippen LogP contribution in [0.25, 0.3) is 0 Å². The standard InChI is InChI=1S/C19H27ClN2O3/c1-5-22(6-2)16(17-8-7-9-25-17)13-21-12-14-10-15(20)19(24-4)18(11-14)23-3/h7-11,16,21H,5-6,12-13H2,1-4H3. The molecule has 0 bridgehead atoms. The van der Waals surface area contributed by atoms with E-state index in [1.54, 1.807) is 20.5 Å². The van der Waals surface area contributed by atoms with Gasteiger partial charge in [-0.15, -0.1) is 0 Å². The van der Waals surface area contributed by atoms with Gasteiger partial charge in [-0.3, -0.25) is 4.90 Å². The first-order valence-corrected chi connectivity index (χ1v) is 8.90. The molecular weight excluding hydrogens is 340 g/mol. The van der Waals surface area contributed by atoms with Crippen molar-refractivity contribution < 1.29 is 13.9 Å². The average Bonchev–Trinajstić information content (AvgIpc) is 3.15. The van der Waals surface area contributed by atoms with Crippen LogP contribution in [0.5, 0.6) is 11.5 Å². The van der Waals surface area contributed by atoms with Crippen LogP contribution in [0.4, 0.5) is 0 Å². The molecule has 1 heterocycles. The van der Waals surface area contributed by atoms with Gasteiger partial charge in [0, 0.05) is 13.1 Å². The second kappa shape index (κ2) is 9.70. The fourth-order valence-corrected chi connectivity index (χ4v) is 3.29. The molecule has 0 fully saturated rings. The van der Waals surface area contributed by atoms with E-state index in [4.69, 9.17) is 25.5 Å². The summed E-state index contributed by atoms with van der Waals surface area (Å²) in [6, 6.07) is 7.99. The van der Waals surface area contributed by atoms with Crippen LogP contribution in [0, 0.1) is 0 Å². The van der Waals surface area contributed by atoms with Crippen molar-refractivity contribution in [2.75, 3.05) is 33.9 Å². The van der Waals surface area contributed by atoms with Crippen LogP contribution < -0.4 is 14.8 Å². The number of furan rings is 1. The highest BCUT2D eigenvalue weighted by atomic mass is 35.5. The minimum Gasteiger partial charge on any atom is -0.493 e. The van der Waals surface area contributed by atoms with E-state index >= 15 is 0 Å². The Morgan fingerprint density at radius 2 is 1.96 bits per heavy atom. The van der Waals surface area contributed by atoms with E-state index in [1.165, 1.54) is 0 Å². The molecule has 25 heavy (non-hydrogen) atoms. The molecule has 0 aliphatic heterocycles. The number of nitrogens with one attached hydrogen (secondary N) is 1. The summed E-state index contributed by atoms with van der Waals surface area (Å²) in [5, 5.41) is 4.04. The van der Waals surface area contributed by atoms with Gasteiger partial charge in [0.25, 0.3) is 0 Å². The predicted molar refractivity (Wildman–Crippen MR) is 101 cm³/mol. The van der Waals surface area contributed by atoms with Gasteiger partial charge in [0.15, 0.2) is 11.5 Å². The molecule has 6 heteroatoms. The first kappa shape index (κ1) is 19.6. The Kier molecular flexibility index (Phi) is 7.62. The van der Waals surface area contributed by atoms with Crippen molar-refractivity contribution >= 4 is 11.6 Å². The van der Waals surface area contributed by atoms with E-state index < -0.39 is 0 Å². The molecule has 1 N–H and O–H groups in total. The normalized spacial score (nSPS) is 12.4. The minimum absolute atomic E-state index is 0.195. The van der Waals surface area contributed by atoms with E-state index in [0.717, 1.165) is 31.0 Å². The molecule has 0 aliphatic carbocycles. The number of ether oxygens (including phenoxy) is 2. The lowest BCUT2D eigenvalue weighted by Gasteiger charge is -2.28. The molecular formula is C19H27ClN2O3. The largest absolute Gasteiger partial charge is 0.493 e. The molecule has 0 aliphatic rings. The second-order valence-corrected chi connectivity index (χ2v) is 6.10. The molecule has 0 spiro atoms. The monoisotopic (exact) mass is 366 g/mol. The van der Waals surface area contributed by atoms with Gasteiger partial charge in [-0.1, -0.05) is 25.4 Å². The van der Waals surface area contributed by atoms with Gasteiger partial charge in [-0.25, -0.2) is 0 Å². The van der Waals surface area contributed by atoms with Crippen LogP contribution in [0.2, 0.25) is 5.02 Å². The van der Waals surface area contributed by atoms with E-state index in [0.29, 0.717) is 23.1 Å². The molecule has 5 nitrogen and oxygen atoms in total. The Hall–Kier alpha value is -1.69. The summed E-state index contributed by atoms with van der Waals surface area (Å²) in [5.41, 5.74) is 1.04. The Bertz CT molecular complexity index is 642. The van der Waals surface area contributed by atoms with Crippen molar-refractivity contribution in [1.82, 2.24) is 10.2 Å². The number of benzene rings is 1. The van der Waals surface area contributed by atoms with Crippen molar-refractivity contribution in [1.29, 1.82) is 0 Å². The molecule has 1 unspecified atom stereocenters. The van der Waals surface area contributed by atoms with Crippen molar-refractivity contribution in [2.45, 2.75) is 26.4 Å². The third kappa shape index (κ3) is 4.91. The maximum atomic E-state index is 6.28. The first-order chi connectivity index (χ1) is 12.1. The summed E-state index contributed by atoms with van der Waals surface area (Å²) in [6.07, 6.45) is 1.72. The van der Waals surface area contributed by atoms with Crippen molar-refractivity contribution in [3.05, 3.63) is 46.9 Å². The summed E-state index contributed by atoms with van der Waals surface area (Å²) in [5.74, 6) is 2.17. The third-order valence-corrected chi connectivity index (χ3v) is 4.57. The lowest BCUT2D eigenvalue weighted by Crippen LogP contribution is -2.35. The average molecular weight is 367 g/mol. The van der Waals surface area contributed by atoms with Crippen molar-refractivity contribution in [3.63, 3.8) is 0 Å². The molecule has 1 aromatic heterocycles. The molecule has 0 saturated heterocycles. The van der Waals surface area contributed by atoms with Crippen LogP contribution >= 0.6 is 11.6 Å². The van der Waals surface area contributed by atoms with Gasteiger partial charge >= 0.3 is 0 Å². The Labute approximate surface area is 154 Å². The quantitative estimate of drug-likeness (QED) is 0.685. The van der Waals surface area contributed by atoms with Gasteiger partial charge < -0.3 is 19.2 Å². The van der Waals surface area contributed by atoms with E-state index in [9.17, 15) is 0 Å². The molecule has 138 valence electrons. The maximum absolute atomic E-state index is 6.28. The number of methoxy groups -OCH3 is 2. The summed E-state index contributed by atoms with van der Waals surface area (Å²) in [4.78, 5) is 2.37. The van der Waals surface area contributed by atoms with Crippen LogP contribution in [0.15, 0.2) is 34.9 Å². The third-order valence-electron chi connectivity index (χ3n) is 4.28.